The Labute approximate surface area is 129 Å². The summed E-state index contributed by atoms with van der Waals surface area (Å²) < 4.78 is 11.2. The van der Waals surface area contributed by atoms with Crippen molar-refractivity contribution in [3.63, 3.8) is 0 Å². The molecule has 0 bridgehead atoms. The van der Waals surface area contributed by atoms with Gasteiger partial charge in [0.25, 0.3) is 5.89 Å². The normalized spacial score (nSPS) is 12.1. The third-order valence-electron chi connectivity index (χ3n) is 3.40. The highest BCUT2D eigenvalue weighted by molar-refractivity contribution is 5.55. The lowest BCUT2D eigenvalue weighted by Gasteiger charge is -2.10. The van der Waals surface area contributed by atoms with E-state index in [4.69, 9.17) is 9.26 Å². The Hall–Kier alpha value is -2.62. The van der Waals surface area contributed by atoms with Crippen molar-refractivity contribution in [2.75, 3.05) is 0 Å². The van der Waals surface area contributed by atoms with E-state index in [0.717, 1.165) is 16.9 Å². The van der Waals surface area contributed by atoms with Crippen LogP contribution in [0.3, 0.4) is 0 Å². The standard InChI is InChI=1S/C18H18N2O2/c1-12-7-9-16(10-8-12)21-14(3)18-19-17(20-22-18)15-6-4-5-13(2)11-15/h4-11,14H,1-3H3/t14-/m0/s1. The van der Waals surface area contributed by atoms with Crippen LogP contribution in [-0.2, 0) is 0 Å². The summed E-state index contributed by atoms with van der Waals surface area (Å²) in [7, 11) is 0. The predicted molar refractivity (Wildman–Crippen MR) is 84.7 cm³/mol. The number of hydrogen-bond acceptors (Lipinski definition) is 4. The molecule has 0 aliphatic rings. The van der Waals surface area contributed by atoms with E-state index in [9.17, 15) is 0 Å². The molecule has 1 atom stereocenters. The minimum Gasteiger partial charge on any atom is -0.481 e. The van der Waals surface area contributed by atoms with Crippen LogP contribution in [0.1, 0.15) is 30.0 Å². The van der Waals surface area contributed by atoms with Gasteiger partial charge in [-0.3, -0.25) is 0 Å². The predicted octanol–water partition coefficient (Wildman–Crippen LogP) is 4.49. The molecule has 4 heteroatoms. The van der Waals surface area contributed by atoms with E-state index in [1.165, 1.54) is 5.56 Å². The fraction of sp³-hybridized carbons (Fsp3) is 0.222. The maximum atomic E-state index is 5.83. The zero-order chi connectivity index (χ0) is 15.5. The number of nitrogens with zero attached hydrogens (tertiary/aromatic N) is 2. The van der Waals surface area contributed by atoms with Gasteiger partial charge in [-0.25, -0.2) is 0 Å². The molecule has 0 amide bonds. The Bertz CT molecular complexity index is 763. The number of hydrogen-bond donors (Lipinski definition) is 0. The van der Waals surface area contributed by atoms with E-state index in [1.807, 2.05) is 69.3 Å². The van der Waals surface area contributed by atoms with Gasteiger partial charge in [0.05, 0.1) is 0 Å². The fourth-order valence-corrected chi connectivity index (χ4v) is 2.17. The largest absolute Gasteiger partial charge is 0.481 e. The monoisotopic (exact) mass is 294 g/mol. The minimum absolute atomic E-state index is 0.297. The Morgan fingerprint density at radius 2 is 1.77 bits per heavy atom. The van der Waals surface area contributed by atoms with Crippen molar-refractivity contribution in [1.29, 1.82) is 0 Å². The zero-order valence-corrected chi connectivity index (χ0v) is 12.9. The van der Waals surface area contributed by atoms with E-state index >= 15 is 0 Å². The second-order valence-corrected chi connectivity index (χ2v) is 5.40. The van der Waals surface area contributed by atoms with Crippen LogP contribution < -0.4 is 4.74 Å². The highest BCUT2D eigenvalue weighted by Crippen LogP contribution is 2.23. The molecule has 0 aliphatic carbocycles. The molecular weight excluding hydrogens is 276 g/mol. The van der Waals surface area contributed by atoms with Crippen molar-refractivity contribution in [2.24, 2.45) is 0 Å². The van der Waals surface area contributed by atoms with Crippen molar-refractivity contribution >= 4 is 0 Å². The molecule has 0 unspecified atom stereocenters. The summed E-state index contributed by atoms with van der Waals surface area (Å²) >= 11 is 0. The summed E-state index contributed by atoms with van der Waals surface area (Å²) in [6.45, 7) is 5.97. The first-order valence-corrected chi connectivity index (χ1v) is 7.26. The number of benzene rings is 2. The van der Waals surface area contributed by atoms with Crippen LogP contribution in [0, 0.1) is 13.8 Å². The van der Waals surface area contributed by atoms with Gasteiger partial charge in [-0.15, -0.1) is 0 Å². The van der Waals surface area contributed by atoms with Gasteiger partial charge in [-0.05, 0) is 39.0 Å². The van der Waals surface area contributed by atoms with Gasteiger partial charge in [-0.2, -0.15) is 4.98 Å². The van der Waals surface area contributed by atoms with E-state index in [1.54, 1.807) is 0 Å². The second-order valence-electron chi connectivity index (χ2n) is 5.40. The third kappa shape index (κ3) is 3.17. The first-order valence-electron chi connectivity index (χ1n) is 7.26. The van der Waals surface area contributed by atoms with Crippen molar-refractivity contribution in [3.8, 4) is 17.1 Å². The van der Waals surface area contributed by atoms with Crippen LogP contribution in [0.4, 0.5) is 0 Å². The van der Waals surface area contributed by atoms with Gasteiger partial charge in [0.15, 0.2) is 6.10 Å². The Morgan fingerprint density at radius 3 is 2.50 bits per heavy atom. The van der Waals surface area contributed by atoms with Crippen LogP contribution in [0.25, 0.3) is 11.4 Å². The van der Waals surface area contributed by atoms with Crippen molar-refractivity contribution in [3.05, 3.63) is 65.5 Å². The van der Waals surface area contributed by atoms with E-state index in [0.29, 0.717) is 11.7 Å². The Balaban J connectivity index is 1.76. The van der Waals surface area contributed by atoms with Crippen LogP contribution in [0.2, 0.25) is 0 Å². The molecule has 0 spiro atoms. The van der Waals surface area contributed by atoms with Crippen LogP contribution in [0.5, 0.6) is 5.75 Å². The molecule has 0 fully saturated rings. The summed E-state index contributed by atoms with van der Waals surface area (Å²) in [6, 6.07) is 15.9. The highest BCUT2D eigenvalue weighted by Gasteiger charge is 2.16. The van der Waals surface area contributed by atoms with Crippen LogP contribution >= 0.6 is 0 Å². The third-order valence-corrected chi connectivity index (χ3v) is 3.40. The topological polar surface area (TPSA) is 48.2 Å². The number of ether oxygens (including phenoxy) is 1. The molecular formula is C18H18N2O2. The number of rotatable bonds is 4. The SMILES string of the molecule is Cc1ccc(O[C@@H](C)c2nc(-c3cccc(C)c3)no2)cc1. The molecule has 1 heterocycles. The Morgan fingerprint density at radius 1 is 1.00 bits per heavy atom. The fourth-order valence-electron chi connectivity index (χ4n) is 2.17. The molecule has 4 nitrogen and oxygen atoms in total. The lowest BCUT2D eigenvalue weighted by molar-refractivity contribution is 0.176. The van der Waals surface area contributed by atoms with Gasteiger partial charge >= 0.3 is 0 Å². The maximum Gasteiger partial charge on any atom is 0.267 e. The average Bonchev–Trinajstić information content (AvgIpc) is 3.00. The van der Waals surface area contributed by atoms with Gasteiger partial charge in [0.1, 0.15) is 5.75 Å². The summed E-state index contributed by atoms with van der Waals surface area (Å²) in [6.07, 6.45) is -0.297. The lowest BCUT2D eigenvalue weighted by Crippen LogP contribution is -2.03. The van der Waals surface area contributed by atoms with Crippen molar-refractivity contribution < 1.29 is 9.26 Å². The summed E-state index contributed by atoms with van der Waals surface area (Å²) in [5, 5.41) is 4.04. The van der Waals surface area contributed by atoms with E-state index < -0.39 is 0 Å². The quantitative estimate of drug-likeness (QED) is 0.711. The molecule has 1 aromatic heterocycles. The highest BCUT2D eigenvalue weighted by atomic mass is 16.5. The number of aryl methyl sites for hydroxylation is 2. The molecule has 0 aliphatic heterocycles. The molecule has 0 saturated heterocycles. The maximum absolute atomic E-state index is 5.83. The molecule has 0 N–H and O–H groups in total. The van der Waals surface area contributed by atoms with Gasteiger partial charge in [0.2, 0.25) is 5.82 Å². The van der Waals surface area contributed by atoms with Gasteiger partial charge in [0, 0.05) is 5.56 Å². The summed E-state index contributed by atoms with van der Waals surface area (Å²) in [5.41, 5.74) is 3.30. The molecule has 0 radical (unpaired) electrons. The van der Waals surface area contributed by atoms with E-state index in [-0.39, 0.29) is 6.10 Å². The van der Waals surface area contributed by atoms with Gasteiger partial charge < -0.3 is 9.26 Å². The molecule has 0 saturated carbocycles. The van der Waals surface area contributed by atoms with Crippen LogP contribution in [0.15, 0.2) is 53.1 Å². The first-order chi connectivity index (χ1) is 10.6. The average molecular weight is 294 g/mol. The van der Waals surface area contributed by atoms with Crippen molar-refractivity contribution in [1.82, 2.24) is 10.1 Å². The zero-order valence-electron chi connectivity index (χ0n) is 12.9. The molecule has 112 valence electrons. The van der Waals surface area contributed by atoms with Gasteiger partial charge in [-0.1, -0.05) is 46.6 Å². The number of aromatic nitrogens is 2. The van der Waals surface area contributed by atoms with Crippen molar-refractivity contribution in [2.45, 2.75) is 26.9 Å². The summed E-state index contributed by atoms with van der Waals surface area (Å²) in [4.78, 5) is 4.43. The molecule has 3 rings (SSSR count). The summed E-state index contributed by atoms with van der Waals surface area (Å²) in [5.74, 6) is 1.84. The molecule has 3 aromatic rings. The second kappa shape index (κ2) is 6.02. The smallest absolute Gasteiger partial charge is 0.267 e. The van der Waals surface area contributed by atoms with Crippen LogP contribution in [-0.4, -0.2) is 10.1 Å². The lowest BCUT2D eigenvalue weighted by atomic mass is 10.1. The van der Waals surface area contributed by atoms with E-state index in [2.05, 4.69) is 10.1 Å². The Kier molecular flexibility index (Phi) is 3.92. The first kappa shape index (κ1) is 14.3. The minimum atomic E-state index is -0.297. The molecule has 2 aromatic carbocycles. The molecule has 22 heavy (non-hydrogen) atoms.